The van der Waals surface area contributed by atoms with Crippen molar-refractivity contribution >= 4 is 17.6 Å². The SMILES string of the molecule is CCOC(=O)CNc1ccc(CCCC(C)(C)C(=O)O)cc1. The Labute approximate surface area is 131 Å². The van der Waals surface area contributed by atoms with Gasteiger partial charge in [-0.1, -0.05) is 12.1 Å². The number of carbonyl (C=O) groups excluding carboxylic acids is 1. The molecule has 0 atom stereocenters. The van der Waals surface area contributed by atoms with E-state index in [1.165, 1.54) is 0 Å². The molecule has 2 N–H and O–H groups in total. The van der Waals surface area contributed by atoms with Crippen molar-refractivity contribution in [2.45, 2.75) is 40.0 Å². The molecule has 0 saturated heterocycles. The number of carboxylic acid groups (broad SMARTS) is 1. The summed E-state index contributed by atoms with van der Waals surface area (Å²) in [5, 5.41) is 12.1. The molecule has 5 nitrogen and oxygen atoms in total. The van der Waals surface area contributed by atoms with Crippen molar-refractivity contribution in [3.8, 4) is 0 Å². The number of carboxylic acids is 1. The monoisotopic (exact) mass is 307 g/mol. The Balaban J connectivity index is 2.39. The van der Waals surface area contributed by atoms with E-state index in [0.717, 1.165) is 24.1 Å². The lowest BCUT2D eigenvalue weighted by molar-refractivity contribution is -0.147. The third-order valence-electron chi connectivity index (χ3n) is 3.54. The zero-order valence-electron chi connectivity index (χ0n) is 13.5. The van der Waals surface area contributed by atoms with Crippen LogP contribution >= 0.6 is 0 Å². The number of ether oxygens (including phenoxy) is 1. The summed E-state index contributed by atoms with van der Waals surface area (Å²) in [4.78, 5) is 22.3. The van der Waals surface area contributed by atoms with Crippen LogP contribution in [0.25, 0.3) is 0 Å². The van der Waals surface area contributed by atoms with Crippen molar-refractivity contribution < 1.29 is 19.4 Å². The smallest absolute Gasteiger partial charge is 0.325 e. The third kappa shape index (κ3) is 6.16. The summed E-state index contributed by atoms with van der Waals surface area (Å²) in [6.07, 6.45) is 2.31. The van der Waals surface area contributed by atoms with Crippen molar-refractivity contribution in [1.82, 2.24) is 0 Å². The van der Waals surface area contributed by atoms with E-state index in [-0.39, 0.29) is 12.5 Å². The molecule has 1 aromatic rings. The van der Waals surface area contributed by atoms with Gasteiger partial charge >= 0.3 is 11.9 Å². The Morgan fingerprint density at radius 3 is 2.41 bits per heavy atom. The number of nitrogens with one attached hydrogen (secondary N) is 1. The van der Waals surface area contributed by atoms with E-state index in [9.17, 15) is 9.59 Å². The van der Waals surface area contributed by atoms with Crippen molar-refractivity contribution in [2.75, 3.05) is 18.5 Å². The molecule has 0 fully saturated rings. The Kier molecular flexibility index (Phi) is 6.89. The molecule has 1 rings (SSSR count). The molecule has 0 amide bonds. The first-order valence-corrected chi connectivity index (χ1v) is 7.57. The fraction of sp³-hybridized carbons (Fsp3) is 0.529. The molecule has 0 saturated carbocycles. The molecule has 0 heterocycles. The lowest BCUT2D eigenvalue weighted by atomic mass is 9.87. The minimum atomic E-state index is -0.758. The van der Waals surface area contributed by atoms with Crippen LogP contribution in [0.3, 0.4) is 0 Å². The Morgan fingerprint density at radius 2 is 1.86 bits per heavy atom. The van der Waals surface area contributed by atoms with Crippen LogP contribution < -0.4 is 5.32 Å². The fourth-order valence-corrected chi connectivity index (χ4v) is 2.02. The van der Waals surface area contributed by atoms with Crippen molar-refractivity contribution in [3.05, 3.63) is 29.8 Å². The second-order valence-corrected chi connectivity index (χ2v) is 5.90. The number of hydrogen-bond donors (Lipinski definition) is 2. The van der Waals surface area contributed by atoms with Crippen molar-refractivity contribution in [1.29, 1.82) is 0 Å². The molecule has 122 valence electrons. The summed E-state index contributed by atoms with van der Waals surface area (Å²) in [6.45, 7) is 5.81. The van der Waals surface area contributed by atoms with Gasteiger partial charge in [-0.05, 0) is 57.7 Å². The number of benzene rings is 1. The van der Waals surface area contributed by atoms with Gasteiger partial charge in [0, 0.05) is 5.69 Å². The topological polar surface area (TPSA) is 75.6 Å². The van der Waals surface area contributed by atoms with Crippen LogP contribution in [0.4, 0.5) is 5.69 Å². The molecule has 0 aliphatic carbocycles. The van der Waals surface area contributed by atoms with Gasteiger partial charge in [0.15, 0.2) is 0 Å². The number of hydrogen-bond acceptors (Lipinski definition) is 4. The summed E-state index contributed by atoms with van der Waals surface area (Å²) in [5.74, 6) is -1.03. The molecule has 22 heavy (non-hydrogen) atoms. The number of esters is 1. The normalized spacial score (nSPS) is 11.0. The second kappa shape index (κ2) is 8.41. The molecule has 0 radical (unpaired) electrons. The fourth-order valence-electron chi connectivity index (χ4n) is 2.02. The van der Waals surface area contributed by atoms with Crippen LogP contribution in [-0.4, -0.2) is 30.2 Å². The number of rotatable bonds is 9. The summed E-state index contributed by atoms with van der Waals surface area (Å²) < 4.78 is 4.84. The third-order valence-corrected chi connectivity index (χ3v) is 3.54. The maximum Gasteiger partial charge on any atom is 0.325 e. The van der Waals surface area contributed by atoms with E-state index in [1.807, 2.05) is 24.3 Å². The van der Waals surface area contributed by atoms with E-state index < -0.39 is 11.4 Å². The minimum absolute atomic E-state index is 0.153. The van der Waals surface area contributed by atoms with Gasteiger partial charge in [0.25, 0.3) is 0 Å². The highest BCUT2D eigenvalue weighted by atomic mass is 16.5. The zero-order valence-corrected chi connectivity index (χ0v) is 13.5. The molecule has 0 unspecified atom stereocenters. The summed E-state index contributed by atoms with van der Waals surface area (Å²) in [5.41, 5.74) is 1.34. The average molecular weight is 307 g/mol. The van der Waals surface area contributed by atoms with Crippen LogP contribution in [0.5, 0.6) is 0 Å². The van der Waals surface area contributed by atoms with Gasteiger partial charge in [-0.2, -0.15) is 0 Å². The van der Waals surface area contributed by atoms with Crippen molar-refractivity contribution in [2.24, 2.45) is 5.41 Å². The molecule has 0 spiro atoms. The zero-order chi connectivity index (χ0) is 16.6. The molecule has 0 bridgehead atoms. The lowest BCUT2D eigenvalue weighted by Crippen LogP contribution is -2.23. The predicted octanol–water partition coefficient (Wildman–Crippen LogP) is 3.10. The maximum absolute atomic E-state index is 11.2. The standard InChI is InChI=1S/C17H25NO4/c1-4-22-15(19)12-18-14-9-7-13(8-10-14)6-5-11-17(2,3)16(20)21/h7-10,18H,4-6,11-12H2,1-3H3,(H,20,21). The largest absolute Gasteiger partial charge is 0.481 e. The van der Waals surface area contributed by atoms with Gasteiger partial charge in [0.2, 0.25) is 0 Å². The summed E-state index contributed by atoms with van der Waals surface area (Å²) in [7, 11) is 0. The number of anilines is 1. The first-order chi connectivity index (χ1) is 10.3. The van der Waals surface area contributed by atoms with E-state index in [2.05, 4.69) is 5.32 Å². The van der Waals surface area contributed by atoms with E-state index in [1.54, 1.807) is 20.8 Å². The predicted molar refractivity (Wildman–Crippen MR) is 85.9 cm³/mol. The van der Waals surface area contributed by atoms with Gasteiger partial charge in [0.1, 0.15) is 6.54 Å². The van der Waals surface area contributed by atoms with Gasteiger partial charge in [-0.3, -0.25) is 9.59 Å². The highest BCUT2D eigenvalue weighted by molar-refractivity contribution is 5.75. The Morgan fingerprint density at radius 1 is 1.23 bits per heavy atom. The van der Waals surface area contributed by atoms with Crippen molar-refractivity contribution in [3.63, 3.8) is 0 Å². The first-order valence-electron chi connectivity index (χ1n) is 7.57. The highest BCUT2D eigenvalue weighted by Crippen LogP contribution is 2.23. The van der Waals surface area contributed by atoms with Crippen LogP contribution in [0.15, 0.2) is 24.3 Å². The van der Waals surface area contributed by atoms with Gasteiger partial charge in [-0.25, -0.2) is 0 Å². The quantitative estimate of drug-likeness (QED) is 0.686. The Bertz CT molecular complexity index is 494. The molecule has 0 aliphatic rings. The van der Waals surface area contributed by atoms with Crippen LogP contribution in [0.2, 0.25) is 0 Å². The van der Waals surface area contributed by atoms with Gasteiger partial charge < -0.3 is 15.2 Å². The first kappa shape index (κ1) is 18.0. The highest BCUT2D eigenvalue weighted by Gasteiger charge is 2.25. The number of aliphatic carboxylic acids is 1. The van der Waals surface area contributed by atoms with Gasteiger partial charge in [-0.15, -0.1) is 0 Å². The van der Waals surface area contributed by atoms with E-state index in [4.69, 9.17) is 9.84 Å². The van der Waals surface area contributed by atoms with Crippen LogP contribution in [-0.2, 0) is 20.7 Å². The second-order valence-electron chi connectivity index (χ2n) is 5.90. The van der Waals surface area contributed by atoms with Crippen LogP contribution in [0.1, 0.15) is 39.2 Å². The minimum Gasteiger partial charge on any atom is -0.481 e. The Hall–Kier alpha value is -2.04. The van der Waals surface area contributed by atoms with Gasteiger partial charge in [0.05, 0.1) is 12.0 Å². The summed E-state index contributed by atoms with van der Waals surface area (Å²) in [6, 6.07) is 7.80. The van der Waals surface area contributed by atoms with Crippen LogP contribution in [0, 0.1) is 5.41 Å². The van der Waals surface area contributed by atoms with E-state index in [0.29, 0.717) is 13.0 Å². The molecule has 5 heteroatoms. The summed E-state index contributed by atoms with van der Waals surface area (Å²) >= 11 is 0. The molecule has 0 aromatic heterocycles. The lowest BCUT2D eigenvalue weighted by Gasteiger charge is -2.18. The number of aryl methyl sites for hydroxylation is 1. The van der Waals surface area contributed by atoms with E-state index >= 15 is 0 Å². The number of carbonyl (C=O) groups is 2. The molecule has 0 aliphatic heterocycles. The molecule has 1 aromatic carbocycles. The maximum atomic E-state index is 11.2. The molecular weight excluding hydrogens is 282 g/mol. The molecular formula is C17H25NO4. The average Bonchev–Trinajstić information content (AvgIpc) is 2.46.